The lowest BCUT2D eigenvalue weighted by Crippen LogP contribution is -2.56. The molecule has 1 N–H and O–H groups in total. The Balaban J connectivity index is 0.00000117. The summed E-state index contributed by atoms with van der Waals surface area (Å²) in [6.45, 7) is 14.3. The second kappa shape index (κ2) is 8.47. The first-order valence-electron chi connectivity index (χ1n) is 11.3. The molecule has 4 rings (SSSR count). The van der Waals surface area contributed by atoms with Crippen LogP contribution in [0.15, 0.2) is 54.1 Å². The first-order chi connectivity index (χ1) is 13.9. The van der Waals surface area contributed by atoms with Crippen LogP contribution < -0.4 is 5.32 Å². The SMILES string of the molecule is CC.CC1(C)C=CCC2(C)CN(C(=O)C3(c4ccccc4)CCNCC3)CC=C12. The van der Waals surface area contributed by atoms with E-state index in [1.165, 1.54) is 11.1 Å². The topological polar surface area (TPSA) is 32.3 Å². The zero-order chi connectivity index (χ0) is 21.1. The second-order valence-corrected chi connectivity index (χ2v) is 9.39. The van der Waals surface area contributed by atoms with Crippen molar-refractivity contribution >= 4 is 5.91 Å². The highest BCUT2D eigenvalue weighted by Gasteiger charge is 2.48. The van der Waals surface area contributed by atoms with Crippen LogP contribution in [0.5, 0.6) is 0 Å². The first kappa shape index (κ1) is 21.8. The zero-order valence-electron chi connectivity index (χ0n) is 18.9. The van der Waals surface area contributed by atoms with Crippen molar-refractivity contribution in [1.29, 1.82) is 0 Å². The van der Waals surface area contributed by atoms with Crippen LogP contribution in [0, 0.1) is 10.8 Å². The van der Waals surface area contributed by atoms with E-state index in [1.807, 2.05) is 19.9 Å². The summed E-state index contributed by atoms with van der Waals surface area (Å²) in [7, 11) is 0. The molecule has 3 heteroatoms. The van der Waals surface area contributed by atoms with Gasteiger partial charge in [-0.05, 0) is 37.9 Å². The van der Waals surface area contributed by atoms with Crippen molar-refractivity contribution in [2.75, 3.05) is 26.2 Å². The number of rotatable bonds is 2. The van der Waals surface area contributed by atoms with E-state index in [2.05, 4.69) is 73.5 Å². The lowest BCUT2D eigenvalue weighted by Gasteiger charge is -2.50. The van der Waals surface area contributed by atoms with E-state index in [4.69, 9.17) is 0 Å². The average molecular weight is 395 g/mol. The highest BCUT2D eigenvalue weighted by Crippen LogP contribution is 2.50. The third-order valence-electron chi connectivity index (χ3n) is 6.98. The molecular weight excluding hydrogens is 356 g/mol. The summed E-state index contributed by atoms with van der Waals surface area (Å²) >= 11 is 0. The molecule has 0 spiro atoms. The number of nitrogens with one attached hydrogen (secondary N) is 1. The van der Waals surface area contributed by atoms with Crippen LogP contribution >= 0.6 is 0 Å². The molecule has 1 amide bonds. The lowest BCUT2D eigenvalue weighted by atomic mass is 9.62. The predicted molar refractivity (Wildman–Crippen MR) is 122 cm³/mol. The largest absolute Gasteiger partial charge is 0.337 e. The monoisotopic (exact) mass is 394 g/mol. The summed E-state index contributed by atoms with van der Waals surface area (Å²) in [5.41, 5.74) is 2.44. The smallest absolute Gasteiger partial charge is 0.233 e. The summed E-state index contributed by atoms with van der Waals surface area (Å²) in [6, 6.07) is 10.5. The van der Waals surface area contributed by atoms with Crippen molar-refractivity contribution < 1.29 is 4.79 Å². The van der Waals surface area contributed by atoms with Crippen LogP contribution in [0.3, 0.4) is 0 Å². The summed E-state index contributed by atoms with van der Waals surface area (Å²) in [5.74, 6) is 0.319. The fourth-order valence-corrected chi connectivity index (χ4v) is 5.63. The third-order valence-corrected chi connectivity index (χ3v) is 6.98. The molecule has 0 radical (unpaired) electrons. The van der Waals surface area contributed by atoms with Crippen molar-refractivity contribution in [2.24, 2.45) is 10.8 Å². The molecule has 0 saturated carbocycles. The van der Waals surface area contributed by atoms with Crippen molar-refractivity contribution in [1.82, 2.24) is 10.2 Å². The number of nitrogens with zero attached hydrogens (tertiary/aromatic N) is 1. The van der Waals surface area contributed by atoms with Gasteiger partial charge >= 0.3 is 0 Å². The molecule has 0 aromatic heterocycles. The molecule has 3 aliphatic rings. The van der Waals surface area contributed by atoms with Crippen LogP contribution in [-0.4, -0.2) is 37.0 Å². The number of allylic oxidation sites excluding steroid dienone is 2. The molecule has 1 fully saturated rings. The average Bonchev–Trinajstić information content (AvgIpc) is 2.74. The number of benzene rings is 1. The predicted octanol–water partition coefficient (Wildman–Crippen LogP) is 5.10. The molecule has 1 unspecified atom stereocenters. The van der Waals surface area contributed by atoms with E-state index in [0.29, 0.717) is 5.91 Å². The third kappa shape index (κ3) is 3.94. The molecule has 2 aliphatic heterocycles. The first-order valence-corrected chi connectivity index (χ1v) is 11.3. The van der Waals surface area contributed by atoms with Crippen LogP contribution in [0.2, 0.25) is 0 Å². The number of fused-ring (bicyclic) bond motifs is 1. The van der Waals surface area contributed by atoms with Gasteiger partial charge in [-0.3, -0.25) is 4.79 Å². The number of hydrogen-bond donors (Lipinski definition) is 1. The maximum absolute atomic E-state index is 13.9. The highest BCUT2D eigenvalue weighted by molar-refractivity contribution is 5.89. The molecule has 1 aromatic rings. The van der Waals surface area contributed by atoms with Crippen molar-refractivity contribution in [2.45, 2.75) is 59.3 Å². The number of carbonyl (C=O) groups excluding carboxylic acids is 1. The number of carbonyl (C=O) groups is 1. The Kier molecular flexibility index (Phi) is 6.38. The molecule has 1 aliphatic carbocycles. The van der Waals surface area contributed by atoms with Gasteiger partial charge in [0.1, 0.15) is 0 Å². The summed E-state index contributed by atoms with van der Waals surface area (Å²) < 4.78 is 0. The van der Waals surface area contributed by atoms with Gasteiger partial charge in [-0.15, -0.1) is 0 Å². The van der Waals surface area contributed by atoms with Gasteiger partial charge in [-0.2, -0.15) is 0 Å². The zero-order valence-corrected chi connectivity index (χ0v) is 18.9. The second-order valence-electron chi connectivity index (χ2n) is 9.39. The molecule has 29 heavy (non-hydrogen) atoms. The van der Waals surface area contributed by atoms with Crippen molar-refractivity contribution in [3.8, 4) is 0 Å². The molecule has 1 saturated heterocycles. The molecule has 3 nitrogen and oxygen atoms in total. The fourth-order valence-electron chi connectivity index (χ4n) is 5.63. The normalized spacial score (nSPS) is 27.2. The fraction of sp³-hybridized carbons (Fsp3) is 0.577. The van der Waals surface area contributed by atoms with E-state index < -0.39 is 0 Å². The summed E-state index contributed by atoms with van der Waals surface area (Å²) in [4.78, 5) is 16.0. The van der Waals surface area contributed by atoms with E-state index in [0.717, 1.165) is 45.4 Å². The number of hydrogen-bond acceptors (Lipinski definition) is 2. The van der Waals surface area contributed by atoms with E-state index >= 15 is 0 Å². The molecule has 1 aromatic carbocycles. The number of piperidine rings is 1. The van der Waals surface area contributed by atoms with E-state index in [-0.39, 0.29) is 16.2 Å². The maximum Gasteiger partial charge on any atom is 0.233 e. The van der Waals surface area contributed by atoms with Crippen LogP contribution in [0.25, 0.3) is 0 Å². The van der Waals surface area contributed by atoms with Gasteiger partial charge in [0.25, 0.3) is 0 Å². The quantitative estimate of drug-likeness (QED) is 0.708. The van der Waals surface area contributed by atoms with Crippen molar-refractivity contribution in [3.63, 3.8) is 0 Å². The van der Waals surface area contributed by atoms with Crippen LogP contribution in [0.1, 0.15) is 59.4 Å². The van der Waals surface area contributed by atoms with Gasteiger partial charge in [0.05, 0.1) is 5.41 Å². The standard InChI is InChI=1S/C24H32N2O.C2H6/c1-22(2)11-7-12-23(3)18-26(17-10-20(22)23)21(27)24(13-15-25-16-14-24)19-8-5-4-6-9-19;1-2/h4-11,25H,12-18H2,1-3H3;1-2H3. The van der Waals surface area contributed by atoms with Gasteiger partial charge in [0, 0.05) is 23.9 Å². The summed E-state index contributed by atoms with van der Waals surface area (Å²) in [6.07, 6.45) is 9.76. The Bertz CT molecular complexity index is 771. The van der Waals surface area contributed by atoms with Crippen molar-refractivity contribution in [3.05, 3.63) is 59.7 Å². The van der Waals surface area contributed by atoms with E-state index in [9.17, 15) is 4.79 Å². The summed E-state index contributed by atoms with van der Waals surface area (Å²) in [5, 5.41) is 3.44. The Labute approximate surface area is 177 Å². The molecule has 158 valence electrons. The number of amides is 1. The minimum absolute atomic E-state index is 0.0525. The minimum Gasteiger partial charge on any atom is -0.337 e. The Morgan fingerprint density at radius 3 is 2.34 bits per heavy atom. The minimum atomic E-state index is -0.381. The lowest BCUT2D eigenvalue weighted by molar-refractivity contribution is -0.140. The highest BCUT2D eigenvalue weighted by atomic mass is 16.2. The molecule has 1 atom stereocenters. The van der Waals surface area contributed by atoms with Gasteiger partial charge < -0.3 is 10.2 Å². The van der Waals surface area contributed by atoms with Crippen LogP contribution in [-0.2, 0) is 10.2 Å². The van der Waals surface area contributed by atoms with Gasteiger partial charge in [-0.1, -0.05) is 88.8 Å². The molecule has 0 bridgehead atoms. The van der Waals surface area contributed by atoms with Gasteiger partial charge in [-0.25, -0.2) is 0 Å². The Morgan fingerprint density at radius 1 is 1.03 bits per heavy atom. The Morgan fingerprint density at radius 2 is 1.69 bits per heavy atom. The van der Waals surface area contributed by atoms with Gasteiger partial charge in [0.15, 0.2) is 0 Å². The van der Waals surface area contributed by atoms with Crippen LogP contribution in [0.4, 0.5) is 0 Å². The molecule has 2 heterocycles. The van der Waals surface area contributed by atoms with E-state index in [1.54, 1.807) is 0 Å². The van der Waals surface area contributed by atoms with Gasteiger partial charge in [0.2, 0.25) is 5.91 Å². The maximum atomic E-state index is 13.9. The Hall–Kier alpha value is -1.87. The molecular formula is C26H38N2O.